The van der Waals surface area contributed by atoms with Crippen molar-refractivity contribution in [3.05, 3.63) is 92.9 Å². The standard InChI is InChI=1S/C20H14Cl3NO2/c21-15-7-10-19(18(23)11-15)24-20(25)13-5-8-16(9-6-13)26-12-14-3-1-2-4-17(14)22/h1-11H,12H2,(H,24,25). The lowest BCUT2D eigenvalue weighted by molar-refractivity contribution is 0.102. The Kier molecular flexibility index (Phi) is 6.04. The highest BCUT2D eigenvalue weighted by molar-refractivity contribution is 6.36. The molecule has 0 aliphatic rings. The first-order chi connectivity index (χ1) is 12.5. The van der Waals surface area contributed by atoms with Gasteiger partial charge in [-0.15, -0.1) is 0 Å². The van der Waals surface area contributed by atoms with Gasteiger partial charge >= 0.3 is 0 Å². The van der Waals surface area contributed by atoms with Crippen LogP contribution in [0.15, 0.2) is 66.7 Å². The van der Waals surface area contributed by atoms with E-state index in [4.69, 9.17) is 39.5 Å². The van der Waals surface area contributed by atoms with Crippen molar-refractivity contribution in [2.24, 2.45) is 0 Å². The van der Waals surface area contributed by atoms with Gasteiger partial charge in [0.05, 0.1) is 10.7 Å². The zero-order chi connectivity index (χ0) is 18.5. The highest BCUT2D eigenvalue weighted by atomic mass is 35.5. The second-order valence-corrected chi connectivity index (χ2v) is 6.73. The van der Waals surface area contributed by atoms with Gasteiger partial charge in [-0.2, -0.15) is 0 Å². The quantitative estimate of drug-likeness (QED) is 0.526. The molecule has 3 aromatic rings. The van der Waals surface area contributed by atoms with E-state index >= 15 is 0 Å². The number of halogens is 3. The van der Waals surface area contributed by atoms with Gasteiger partial charge in [-0.1, -0.05) is 53.0 Å². The third kappa shape index (κ3) is 4.70. The van der Waals surface area contributed by atoms with E-state index in [-0.39, 0.29) is 5.91 Å². The minimum Gasteiger partial charge on any atom is -0.489 e. The molecule has 132 valence electrons. The molecule has 0 saturated carbocycles. The average molecular weight is 407 g/mol. The molecule has 0 aromatic heterocycles. The summed E-state index contributed by atoms with van der Waals surface area (Å²) in [4.78, 5) is 12.3. The number of amides is 1. The van der Waals surface area contributed by atoms with E-state index in [0.29, 0.717) is 38.7 Å². The monoisotopic (exact) mass is 405 g/mol. The molecule has 0 radical (unpaired) electrons. The third-order valence-electron chi connectivity index (χ3n) is 3.65. The molecule has 3 rings (SSSR count). The number of hydrogen-bond donors (Lipinski definition) is 1. The maximum Gasteiger partial charge on any atom is 0.255 e. The first-order valence-corrected chi connectivity index (χ1v) is 8.89. The van der Waals surface area contributed by atoms with E-state index in [2.05, 4.69) is 5.32 Å². The summed E-state index contributed by atoms with van der Waals surface area (Å²) in [7, 11) is 0. The van der Waals surface area contributed by atoms with Crippen LogP contribution in [0.25, 0.3) is 0 Å². The highest BCUT2D eigenvalue weighted by Crippen LogP contribution is 2.26. The SMILES string of the molecule is O=C(Nc1ccc(Cl)cc1Cl)c1ccc(OCc2ccccc2Cl)cc1. The zero-order valence-corrected chi connectivity index (χ0v) is 15.8. The van der Waals surface area contributed by atoms with E-state index < -0.39 is 0 Å². The molecular formula is C20H14Cl3NO2. The van der Waals surface area contributed by atoms with Crippen LogP contribution in [0.2, 0.25) is 15.1 Å². The Morgan fingerprint density at radius 2 is 1.62 bits per heavy atom. The van der Waals surface area contributed by atoms with Crippen LogP contribution in [0.3, 0.4) is 0 Å². The summed E-state index contributed by atoms with van der Waals surface area (Å²) in [5.74, 6) is 0.373. The fraction of sp³-hybridized carbons (Fsp3) is 0.0500. The second kappa shape index (κ2) is 8.45. The fourth-order valence-corrected chi connectivity index (χ4v) is 2.91. The van der Waals surface area contributed by atoms with Crippen molar-refractivity contribution in [3.63, 3.8) is 0 Å². The van der Waals surface area contributed by atoms with Crippen LogP contribution in [-0.4, -0.2) is 5.91 Å². The van der Waals surface area contributed by atoms with Gasteiger partial charge in [-0.25, -0.2) is 0 Å². The molecule has 0 saturated heterocycles. The van der Waals surface area contributed by atoms with Crippen molar-refractivity contribution in [2.45, 2.75) is 6.61 Å². The van der Waals surface area contributed by atoms with Crippen molar-refractivity contribution in [1.29, 1.82) is 0 Å². The summed E-state index contributed by atoms with van der Waals surface area (Å²) in [6.45, 7) is 0.353. The van der Waals surface area contributed by atoms with E-state index in [9.17, 15) is 4.79 Å². The van der Waals surface area contributed by atoms with E-state index in [0.717, 1.165) is 5.56 Å². The molecule has 6 heteroatoms. The molecule has 0 heterocycles. The molecule has 0 atom stereocenters. The normalized spacial score (nSPS) is 10.4. The highest BCUT2D eigenvalue weighted by Gasteiger charge is 2.09. The van der Waals surface area contributed by atoms with E-state index in [1.807, 2.05) is 24.3 Å². The van der Waals surface area contributed by atoms with Crippen molar-refractivity contribution in [2.75, 3.05) is 5.32 Å². The van der Waals surface area contributed by atoms with E-state index in [1.54, 1.807) is 42.5 Å². The number of carbonyl (C=O) groups excluding carboxylic acids is 1. The van der Waals surface area contributed by atoms with Gasteiger partial charge in [0.1, 0.15) is 12.4 Å². The maximum atomic E-state index is 12.3. The van der Waals surface area contributed by atoms with Gasteiger partial charge in [0, 0.05) is 21.2 Å². The lowest BCUT2D eigenvalue weighted by atomic mass is 10.2. The van der Waals surface area contributed by atoms with Crippen molar-refractivity contribution < 1.29 is 9.53 Å². The van der Waals surface area contributed by atoms with Crippen LogP contribution >= 0.6 is 34.8 Å². The molecule has 0 bridgehead atoms. The summed E-state index contributed by atoms with van der Waals surface area (Å²) < 4.78 is 5.71. The molecule has 1 amide bonds. The molecule has 1 N–H and O–H groups in total. The lowest BCUT2D eigenvalue weighted by Gasteiger charge is -2.10. The molecular weight excluding hydrogens is 393 g/mol. The molecule has 0 aliphatic heterocycles. The Balaban J connectivity index is 1.63. The maximum absolute atomic E-state index is 12.3. The van der Waals surface area contributed by atoms with Crippen LogP contribution in [0.5, 0.6) is 5.75 Å². The van der Waals surface area contributed by atoms with Crippen LogP contribution in [0.1, 0.15) is 15.9 Å². The van der Waals surface area contributed by atoms with Crippen molar-refractivity contribution >= 4 is 46.4 Å². The molecule has 3 nitrogen and oxygen atoms in total. The lowest BCUT2D eigenvalue weighted by Crippen LogP contribution is -2.12. The van der Waals surface area contributed by atoms with Crippen LogP contribution in [0, 0.1) is 0 Å². The molecule has 3 aromatic carbocycles. The van der Waals surface area contributed by atoms with Gasteiger partial charge in [-0.3, -0.25) is 4.79 Å². The van der Waals surface area contributed by atoms with Gasteiger partial charge in [0.2, 0.25) is 0 Å². The first-order valence-electron chi connectivity index (χ1n) is 7.75. The fourth-order valence-electron chi connectivity index (χ4n) is 2.26. The Bertz CT molecular complexity index is 927. The molecule has 0 unspecified atom stereocenters. The number of hydrogen-bond acceptors (Lipinski definition) is 2. The summed E-state index contributed by atoms with van der Waals surface area (Å²) >= 11 is 18.0. The Morgan fingerprint density at radius 3 is 2.31 bits per heavy atom. The summed E-state index contributed by atoms with van der Waals surface area (Å²) in [5, 5.41) is 4.29. The van der Waals surface area contributed by atoms with Crippen LogP contribution in [0.4, 0.5) is 5.69 Å². The minimum atomic E-state index is -0.271. The summed E-state index contributed by atoms with van der Waals surface area (Å²) in [6, 6.07) is 19.2. The number of benzene rings is 3. The number of anilines is 1. The molecule has 0 fully saturated rings. The molecule has 0 aliphatic carbocycles. The third-order valence-corrected chi connectivity index (χ3v) is 4.56. The second-order valence-electron chi connectivity index (χ2n) is 5.48. The number of nitrogens with one attached hydrogen (secondary N) is 1. The molecule has 26 heavy (non-hydrogen) atoms. The average Bonchev–Trinajstić information content (AvgIpc) is 2.64. The Morgan fingerprint density at radius 1 is 0.885 bits per heavy atom. The topological polar surface area (TPSA) is 38.3 Å². The summed E-state index contributed by atoms with van der Waals surface area (Å²) in [5.41, 5.74) is 1.88. The van der Waals surface area contributed by atoms with Gasteiger partial charge in [0.15, 0.2) is 0 Å². The minimum absolute atomic E-state index is 0.271. The van der Waals surface area contributed by atoms with E-state index in [1.165, 1.54) is 0 Å². The Hall–Kier alpha value is -2.20. The number of carbonyl (C=O) groups is 1. The van der Waals surface area contributed by atoms with Gasteiger partial charge in [-0.05, 0) is 48.5 Å². The number of rotatable bonds is 5. The van der Waals surface area contributed by atoms with Crippen LogP contribution < -0.4 is 10.1 Å². The zero-order valence-electron chi connectivity index (χ0n) is 13.5. The summed E-state index contributed by atoms with van der Waals surface area (Å²) in [6.07, 6.45) is 0. The van der Waals surface area contributed by atoms with Gasteiger partial charge < -0.3 is 10.1 Å². The number of ether oxygens (including phenoxy) is 1. The Labute approximate surface area is 166 Å². The smallest absolute Gasteiger partial charge is 0.255 e. The van der Waals surface area contributed by atoms with Crippen molar-refractivity contribution in [3.8, 4) is 5.75 Å². The van der Waals surface area contributed by atoms with Gasteiger partial charge in [0.25, 0.3) is 5.91 Å². The largest absolute Gasteiger partial charge is 0.489 e. The predicted molar refractivity (Wildman–Crippen MR) is 107 cm³/mol. The predicted octanol–water partition coefficient (Wildman–Crippen LogP) is 6.48. The van der Waals surface area contributed by atoms with Crippen LogP contribution in [-0.2, 0) is 6.61 Å². The first kappa shape index (κ1) is 18.6. The van der Waals surface area contributed by atoms with Crippen molar-refractivity contribution in [1.82, 2.24) is 0 Å². The molecule has 0 spiro atoms.